The van der Waals surface area contributed by atoms with Crippen molar-refractivity contribution in [1.82, 2.24) is 4.98 Å². The number of aromatic nitrogens is 1. The molecular formula is C20H18ClN3O2. The molecule has 6 heteroatoms. The Morgan fingerprint density at radius 1 is 1.00 bits per heavy atom. The summed E-state index contributed by atoms with van der Waals surface area (Å²) in [5.74, 6) is 0.980. The van der Waals surface area contributed by atoms with E-state index in [4.69, 9.17) is 26.9 Å². The molecule has 2 N–H and O–H groups in total. The van der Waals surface area contributed by atoms with Gasteiger partial charge in [-0.25, -0.2) is 0 Å². The summed E-state index contributed by atoms with van der Waals surface area (Å²) in [4.78, 5) is 9.38. The van der Waals surface area contributed by atoms with Gasteiger partial charge in [-0.15, -0.1) is 0 Å². The van der Waals surface area contributed by atoms with Gasteiger partial charge < -0.3 is 15.3 Å². The molecule has 1 aromatic heterocycles. The first-order valence-corrected chi connectivity index (χ1v) is 8.40. The Kier molecular flexibility index (Phi) is 6.06. The molecule has 132 valence electrons. The highest BCUT2D eigenvalue weighted by atomic mass is 35.5. The van der Waals surface area contributed by atoms with Crippen molar-refractivity contribution in [2.24, 2.45) is 10.9 Å². The largest absolute Gasteiger partial charge is 0.489 e. The zero-order valence-corrected chi connectivity index (χ0v) is 14.8. The standard InChI is InChI=1S/C20H18ClN3O2/c21-18-8-6-15(7-9-18)14-26-24-20(22)17-4-1-5-19(11-17)25-13-16-3-2-10-23-12-16/h1-12H,13-14H2,(H2,22,24). The van der Waals surface area contributed by atoms with E-state index in [1.807, 2.05) is 48.5 Å². The van der Waals surface area contributed by atoms with Gasteiger partial charge in [-0.2, -0.15) is 0 Å². The summed E-state index contributed by atoms with van der Waals surface area (Å²) < 4.78 is 5.76. The number of oxime groups is 1. The molecule has 3 aromatic rings. The maximum absolute atomic E-state index is 6.00. The molecule has 5 nitrogen and oxygen atoms in total. The minimum absolute atomic E-state index is 0.283. The Morgan fingerprint density at radius 3 is 2.62 bits per heavy atom. The van der Waals surface area contributed by atoms with Crippen molar-refractivity contribution in [1.29, 1.82) is 0 Å². The second-order valence-corrected chi connectivity index (χ2v) is 5.99. The first-order valence-electron chi connectivity index (χ1n) is 8.03. The molecule has 0 aliphatic heterocycles. The number of hydrogen-bond acceptors (Lipinski definition) is 4. The summed E-state index contributed by atoms with van der Waals surface area (Å²) in [5, 5.41) is 4.65. The maximum atomic E-state index is 6.00. The summed E-state index contributed by atoms with van der Waals surface area (Å²) >= 11 is 5.85. The molecule has 0 radical (unpaired) electrons. The van der Waals surface area contributed by atoms with Gasteiger partial charge in [0.1, 0.15) is 19.0 Å². The third-order valence-electron chi connectivity index (χ3n) is 3.57. The average molecular weight is 368 g/mol. The number of nitrogens with two attached hydrogens (primary N) is 1. The summed E-state index contributed by atoms with van der Waals surface area (Å²) in [6, 6.07) is 18.6. The smallest absolute Gasteiger partial charge is 0.170 e. The lowest BCUT2D eigenvalue weighted by atomic mass is 10.2. The van der Waals surface area contributed by atoms with Crippen LogP contribution in [0.15, 0.2) is 78.2 Å². The lowest BCUT2D eigenvalue weighted by Gasteiger charge is -2.08. The van der Waals surface area contributed by atoms with Gasteiger partial charge in [0.05, 0.1) is 0 Å². The third kappa shape index (κ3) is 5.22. The predicted octanol–water partition coefficient (Wildman–Crippen LogP) is 4.15. The lowest BCUT2D eigenvalue weighted by molar-refractivity contribution is 0.130. The molecule has 26 heavy (non-hydrogen) atoms. The van der Waals surface area contributed by atoms with E-state index in [2.05, 4.69) is 10.1 Å². The summed E-state index contributed by atoms with van der Waals surface area (Å²) in [6.45, 7) is 0.747. The van der Waals surface area contributed by atoms with Crippen molar-refractivity contribution in [2.45, 2.75) is 13.2 Å². The van der Waals surface area contributed by atoms with Gasteiger partial charge >= 0.3 is 0 Å². The molecule has 0 aliphatic rings. The van der Waals surface area contributed by atoms with E-state index in [0.717, 1.165) is 16.7 Å². The SMILES string of the molecule is NC(=NOCc1ccc(Cl)cc1)c1cccc(OCc2cccnc2)c1. The van der Waals surface area contributed by atoms with Gasteiger partial charge in [0.25, 0.3) is 0 Å². The zero-order chi connectivity index (χ0) is 18.2. The molecule has 1 heterocycles. The first-order chi connectivity index (χ1) is 12.7. The van der Waals surface area contributed by atoms with Crippen molar-refractivity contribution in [3.63, 3.8) is 0 Å². The molecule has 3 rings (SSSR count). The highest BCUT2D eigenvalue weighted by Crippen LogP contribution is 2.15. The Bertz CT molecular complexity index is 868. The van der Waals surface area contributed by atoms with E-state index in [-0.39, 0.29) is 5.84 Å². The summed E-state index contributed by atoms with van der Waals surface area (Å²) in [5.41, 5.74) is 8.67. The van der Waals surface area contributed by atoms with Crippen LogP contribution in [0.25, 0.3) is 0 Å². The van der Waals surface area contributed by atoms with Crippen LogP contribution in [-0.4, -0.2) is 10.8 Å². The predicted molar refractivity (Wildman–Crippen MR) is 102 cm³/mol. The van der Waals surface area contributed by atoms with E-state index in [1.54, 1.807) is 24.5 Å². The van der Waals surface area contributed by atoms with Crippen LogP contribution in [0.2, 0.25) is 5.02 Å². The Labute approximate surface area is 157 Å². The molecule has 0 unspecified atom stereocenters. The molecule has 0 fully saturated rings. The molecule has 0 spiro atoms. The molecule has 0 aliphatic carbocycles. The van der Waals surface area contributed by atoms with Crippen LogP contribution < -0.4 is 10.5 Å². The van der Waals surface area contributed by atoms with Gasteiger partial charge in [0.2, 0.25) is 0 Å². The number of nitrogens with zero attached hydrogens (tertiary/aromatic N) is 2. The fourth-order valence-electron chi connectivity index (χ4n) is 2.21. The highest BCUT2D eigenvalue weighted by Gasteiger charge is 2.03. The second kappa shape index (κ2) is 8.87. The number of halogens is 1. The number of amidine groups is 1. The number of hydrogen-bond donors (Lipinski definition) is 1. The van der Waals surface area contributed by atoms with Crippen molar-refractivity contribution in [3.05, 3.63) is 94.8 Å². The van der Waals surface area contributed by atoms with Gasteiger partial charge in [0.15, 0.2) is 5.84 Å². The van der Waals surface area contributed by atoms with Crippen molar-refractivity contribution < 1.29 is 9.57 Å². The van der Waals surface area contributed by atoms with Crippen LogP contribution in [0.1, 0.15) is 16.7 Å². The van der Waals surface area contributed by atoms with E-state index in [1.165, 1.54) is 0 Å². The fraction of sp³-hybridized carbons (Fsp3) is 0.100. The van der Waals surface area contributed by atoms with E-state index in [9.17, 15) is 0 Å². The van der Waals surface area contributed by atoms with Gasteiger partial charge in [-0.05, 0) is 35.9 Å². The Hall–Kier alpha value is -3.05. The topological polar surface area (TPSA) is 69.7 Å². The Morgan fingerprint density at radius 2 is 1.85 bits per heavy atom. The van der Waals surface area contributed by atoms with Crippen molar-refractivity contribution in [3.8, 4) is 5.75 Å². The van der Waals surface area contributed by atoms with Crippen molar-refractivity contribution in [2.75, 3.05) is 0 Å². The average Bonchev–Trinajstić information content (AvgIpc) is 2.69. The quantitative estimate of drug-likeness (QED) is 0.387. The monoisotopic (exact) mass is 367 g/mol. The number of rotatable bonds is 7. The van der Waals surface area contributed by atoms with E-state index >= 15 is 0 Å². The zero-order valence-electron chi connectivity index (χ0n) is 14.0. The number of benzene rings is 2. The Balaban J connectivity index is 1.58. The normalized spacial score (nSPS) is 11.2. The van der Waals surface area contributed by atoms with E-state index < -0.39 is 0 Å². The van der Waals surface area contributed by atoms with E-state index in [0.29, 0.717) is 24.0 Å². The molecular weight excluding hydrogens is 350 g/mol. The molecule has 0 bridgehead atoms. The van der Waals surface area contributed by atoms with Crippen LogP contribution in [0.4, 0.5) is 0 Å². The second-order valence-electron chi connectivity index (χ2n) is 5.55. The molecule has 0 saturated heterocycles. The van der Waals surface area contributed by atoms with Gasteiger partial charge in [-0.1, -0.05) is 47.1 Å². The van der Waals surface area contributed by atoms with Gasteiger partial charge in [0, 0.05) is 28.5 Å². The lowest BCUT2D eigenvalue weighted by Crippen LogP contribution is -2.14. The van der Waals surface area contributed by atoms with Crippen LogP contribution in [0.3, 0.4) is 0 Å². The van der Waals surface area contributed by atoms with Crippen molar-refractivity contribution >= 4 is 17.4 Å². The first kappa shape index (κ1) is 17.8. The maximum Gasteiger partial charge on any atom is 0.170 e. The third-order valence-corrected chi connectivity index (χ3v) is 3.82. The molecule has 2 aromatic carbocycles. The summed E-state index contributed by atoms with van der Waals surface area (Å²) in [7, 11) is 0. The highest BCUT2D eigenvalue weighted by molar-refractivity contribution is 6.30. The minimum Gasteiger partial charge on any atom is -0.489 e. The minimum atomic E-state index is 0.283. The molecule has 0 saturated carbocycles. The number of ether oxygens (including phenoxy) is 1. The summed E-state index contributed by atoms with van der Waals surface area (Å²) in [6.07, 6.45) is 3.50. The fourth-order valence-corrected chi connectivity index (χ4v) is 2.33. The van der Waals surface area contributed by atoms with Gasteiger partial charge in [-0.3, -0.25) is 4.98 Å². The van der Waals surface area contributed by atoms with Crippen LogP contribution >= 0.6 is 11.6 Å². The molecule has 0 atom stereocenters. The van der Waals surface area contributed by atoms with Crippen LogP contribution in [0.5, 0.6) is 5.75 Å². The van der Waals surface area contributed by atoms with Crippen LogP contribution in [-0.2, 0) is 18.1 Å². The number of pyridine rings is 1. The molecule has 0 amide bonds. The van der Waals surface area contributed by atoms with Crippen LogP contribution in [0, 0.1) is 0 Å².